The molecule has 0 N–H and O–H groups in total. The number of hydrogen-bond acceptors (Lipinski definition) is 3. The maximum absolute atomic E-state index is 12.2. The predicted molar refractivity (Wildman–Crippen MR) is 78.1 cm³/mol. The minimum Gasteiger partial charge on any atom is -0.496 e. The highest BCUT2D eigenvalue weighted by atomic mass is 79.9. The van der Waals surface area contributed by atoms with Gasteiger partial charge < -0.3 is 4.74 Å². The SMILES string of the molecule is COc1ccc(Cl)cc1CC(=O)c1sccc1Br. The Morgan fingerprint density at radius 1 is 1.44 bits per heavy atom. The number of carbonyl (C=O) groups is 1. The van der Waals surface area contributed by atoms with Crippen molar-refractivity contribution in [1.29, 1.82) is 0 Å². The zero-order valence-electron chi connectivity index (χ0n) is 9.57. The maximum atomic E-state index is 12.2. The van der Waals surface area contributed by atoms with Crippen LogP contribution in [0.5, 0.6) is 5.75 Å². The first kappa shape index (κ1) is 13.6. The Bertz CT molecular complexity index is 580. The van der Waals surface area contributed by atoms with E-state index in [1.165, 1.54) is 11.3 Å². The van der Waals surface area contributed by atoms with Crippen LogP contribution in [0.2, 0.25) is 5.02 Å². The summed E-state index contributed by atoms with van der Waals surface area (Å²) in [5.74, 6) is 0.734. The molecule has 1 heterocycles. The average Bonchev–Trinajstić information content (AvgIpc) is 2.76. The van der Waals surface area contributed by atoms with Gasteiger partial charge in [0.1, 0.15) is 5.75 Å². The smallest absolute Gasteiger partial charge is 0.178 e. The van der Waals surface area contributed by atoms with Crippen molar-refractivity contribution in [2.45, 2.75) is 6.42 Å². The third kappa shape index (κ3) is 2.94. The van der Waals surface area contributed by atoms with Crippen molar-refractivity contribution in [3.63, 3.8) is 0 Å². The van der Waals surface area contributed by atoms with E-state index in [0.29, 0.717) is 10.8 Å². The lowest BCUT2D eigenvalue weighted by atomic mass is 10.1. The molecule has 0 amide bonds. The van der Waals surface area contributed by atoms with Crippen molar-refractivity contribution < 1.29 is 9.53 Å². The van der Waals surface area contributed by atoms with Gasteiger partial charge in [-0.15, -0.1) is 11.3 Å². The first-order valence-electron chi connectivity index (χ1n) is 5.20. The van der Waals surface area contributed by atoms with Crippen LogP contribution in [0.15, 0.2) is 34.1 Å². The molecule has 1 aromatic carbocycles. The van der Waals surface area contributed by atoms with E-state index in [-0.39, 0.29) is 12.2 Å². The standard InChI is InChI=1S/C13H10BrClO2S/c1-17-12-3-2-9(15)6-8(12)7-11(16)13-10(14)4-5-18-13/h2-6H,7H2,1H3. The lowest BCUT2D eigenvalue weighted by molar-refractivity contribution is 0.0995. The first-order chi connectivity index (χ1) is 8.61. The van der Waals surface area contributed by atoms with Crippen molar-refractivity contribution in [3.8, 4) is 5.75 Å². The molecule has 0 radical (unpaired) electrons. The van der Waals surface area contributed by atoms with Gasteiger partial charge in [0, 0.05) is 21.5 Å². The number of rotatable bonds is 4. The Balaban J connectivity index is 2.27. The summed E-state index contributed by atoms with van der Waals surface area (Å²) in [7, 11) is 1.58. The number of ketones is 1. The third-order valence-corrected chi connectivity index (χ3v) is 4.58. The molecule has 0 unspecified atom stereocenters. The molecule has 0 fully saturated rings. The van der Waals surface area contributed by atoms with Gasteiger partial charge in [-0.1, -0.05) is 11.6 Å². The largest absolute Gasteiger partial charge is 0.496 e. The van der Waals surface area contributed by atoms with E-state index in [0.717, 1.165) is 14.9 Å². The molecule has 0 aliphatic heterocycles. The number of halogens is 2. The third-order valence-electron chi connectivity index (χ3n) is 2.46. The predicted octanol–water partition coefficient (Wildman–Crippen LogP) is 4.60. The normalized spacial score (nSPS) is 10.4. The van der Waals surface area contributed by atoms with Crippen LogP contribution in [0.1, 0.15) is 15.2 Å². The van der Waals surface area contributed by atoms with Gasteiger partial charge in [0.05, 0.1) is 12.0 Å². The maximum Gasteiger partial charge on any atom is 0.178 e. The molecule has 0 aliphatic rings. The molecular formula is C13H10BrClO2S. The van der Waals surface area contributed by atoms with Gasteiger partial charge >= 0.3 is 0 Å². The van der Waals surface area contributed by atoms with Crippen molar-refractivity contribution in [2.24, 2.45) is 0 Å². The number of Topliss-reactive ketones (excluding diaryl/α,β-unsaturated/α-hetero) is 1. The van der Waals surface area contributed by atoms with Gasteiger partial charge in [0.25, 0.3) is 0 Å². The molecule has 0 saturated heterocycles. The summed E-state index contributed by atoms with van der Waals surface area (Å²) >= 11 is 10.7. The number of thiophene rings is 1. The fraction of sp³-hybridized carbons (Fsp3) is 0.154. The Kier molecular flexibility index (Phi) is 4.43. The number of carbonyl (C=O) groups excluding carboxylic acids is 1. The molecule has 0 bridgehead atoms. The molecular weight excluding hydrogens is 336 g/mol. The summed E-state index contributed by atoms with van der Waals surface area (Å²) in [6, 6.07) is 7.15. The second kappa shape index (κ2) is 5.87. The molecule has 2 rings (SSSR count). The van der Waals surface area contributed by atoms with E-state index in [1.54, 1.807) is 25.3 Å². The van der Waals surface area contributed by atoms with Gasteiger partial charge in [-0.2, -0.15) is 0 Å². The Labute approximate surface area is 123 Å². The molecule has 2 aromatic rings. The fourth-order valence-electron chi connectivity index (χ4n) is 1.63. The first-order valence-corrected chi connectivity index (χ1v) is 7.25. The second-order valence-electron chi connectivity index (χ2n) is 3.65. The summed E-state index contributed by atoms with van der Waals surface area (Å²) in [4.78, 5) is 12.9. The lowest BCUT2D eigenvalue weighted by Gasteiger charge is -2.08. The van der Waals surface area contributed by atoms with Gasteiger partial charge in [-0.3, -0.25) is 4.79 Å². The highest BCUT2D eigenvalue weighted by Crippen LogP contribution is 2.28. The van der Waals surface area contributed by atoms with E-state index in [9.17, 15) is 4.79 Å². The summed E-state index contributed by atoms with van der Waals surface area (Å²) in [5.41, 5.74) is 0.801. The molecule has 0 aliphatic carbocycles. The Hall–Kier alpha value is -0.840. The summed E-state index contributed by atoms with van der Waals surface area (Å²) in [6.07, 6.45) is 0.281. The van der Waals surface area contributed by atoms with Crippen LogP contribution in [0, 0.1) is 0 Å². The van der Waals surface area contributed by atoms with E-state index in [1.807, 2.05) is 11.4 Å². The number of ether oxygens (including phenoxy) is 1. The summed E-state index contributed by atoms with van der Waals surface area (Å²) in [6.45, 7) is 0. The van der Waals surface area contributed by atoms with Crippen molar-refractivity contribution in [2.75, 3.05) is 7.11 Å². The monoisotopic (exact) mass is 344 g/mol. The summed E-state index contributed by atoms with van der Waals surface area (Å²) < 4.78 is 6.06. The van der Waals surface area contributed by atoms with Crippen molar-refractivity contribution in [3.05, 3.63) is 49.6 Å². The highest BCUT2D eigenvalue weighted by Gasteiger charge is 2.15. The van der Waals surface area contributed by atoms with Crippen LogP contribution in [0.4, 0.5) is 0 Å². The van der Waals surface area contributed by atoms with E-state index < -0.39 is 0 Å². The number of benzene rings is 1. The average molecular weight is 346 g/mol. The van der Waals surface area contributed by atoms with E-state index in [4.69, 9.17) is 16.3 Å². The van der Waals surface area contributed by atoms with Gasteiger partial charge in [0.15, 0.2) is 5.78 Å². The van der Waals surface area contributed by atoms with Crippen LogP contribution in [-0.2, 0) is 6.42 Å². The summed E-state index contributed by atoms with van der Waals surface area (Å²) in [5, 5.41) is 2.48. The van der Waals surface area contributed by atoms with Crippen LogP contribution in [0.3, 0.4) is 0 Å². The van der Waals surface area contributed by atoms with Crippen molar-refractivity contribution >= 4 is 44.7 Å². The molecule has 94 valence electrons. The van der Waals surface area contributed by atoms with E-state index in [2.05, 4.69) is 15.9 Å². The molecule has 0 spiro atoms. The molecule has 2 nitrogen and oxygen atoms in total. The molecule has 0 atom stereocenters. The zero-order valence-corrected chi connectivity index (χ0v) is 12.7. The second-order valence-corrected chi connectivity index (χ2v) is 5.86. The molecule has 1 aromatic heterocycles. The van der Waals surface area contributed by atoms with E-state index >= 15 is 0 Å². The lowest BCUT2D eigenvalue weighted by Crippen LogP contribution is -2.03. The zero-order chi connectivity index (χ0) is 13.1. The van der Waals surface area contributed by atoms with Gasteiger partial charge in [-0.05, 0) is 45.6 Å². The van der Waals surface area contributed by atoms with Gasteiger partial charge in [0.2, 0.25) is 0 Å². The number of hydrogen-bond donors (Lipinski definition) is 0. The highest BCUT2D eigenvalue weighted by molar-refractivity contribution is 9.10. The van der Waals surface area contributed by atoms with Gasteiger partial charge in [-0.25, -0.2) is 0 Å². The molecule has 18 heavy (non-hydrogen) atoms. The minimum atomic E-state index is 0.0532. The molecule has 5 heteroatoms. The molecule has 0 saturated carbocycles. The Morgan fingerprint density at radius 3 is 2.83 bits per heavy atom. The van der Waals surface area contributed by atoms with Crippen LogP contribution >= 0.6 is 38.9 Å². The fourth-order valence-corrected chi connectivity index (χ4v) is 3.36. The quantitative estimate of drug-likeness (QED) is 0.757. The number of methoxy groups -OCH3 is 1. The van der Waals surface area contributed by atoms with Crippen LogP contribution < -0.4 is 4.74 Å². The van der Waals surface area contributed by atoms with Crippen LogP contribution in [-0.4, -0.2) is 12.9 Å². The van der Waals surface area contributed by atoms with Crippen molar-refractivity contribution in [1.82, 2.24) is 0 Å². The topological polar surface area (TPSA) is 26.3 Å². The minimum absolute atomic E-state index is 0.0532. The van der Waals surface area contributed by atoms with Crippen LogP contribution in [0.25, 0.3) is 0 Å². The Morgan fingerprint density at radius 2 is 2.22 bits per heavy atom.